The molecular weight excluding hydrogens is 350 g/mol. The van der Waals surface area contributed by atoms with Crippen molar-refractivity contribution >= 4 is 23.7 Å². The molecule has 1 aromatic carbocycles. The summed E-state index contributed by atoms with van der Waals surface area (Å²) < 4.78 is 5.97. The Morgan fingerprint density at radius 1 is 1.11 bits per heavy atom. The number of anilines is 1. The molecule has 3 heterocycles. The van der Waals surface area contributed by atoms with Gasteiger partial charge in [0.2, 0.25) is 0 Å². The van der Waals surface area contributed by atoms with Gasteiger partial charge in [-0.3, -0.25) is 9.69 Å². The van der Waals surface area contributed by atoms with Crippen molar-refractivity contribution in [3.63, 3.8) is 0 Å². The highest BCUT2D eigenvalue weighted by Crippen LogP contribution is 2.37. The lowest BCUT2D eigenvalue weighted by Gasteiger charge is -2.37. The third-order valence-electron chi connectivity index (χ3n) is 6.47. The highest BCUT2D eigenvalue weighted by atomic mass is 16.5. The number of rotatable bonds is 3. The number of ether oxygens (including phenoxy) is 1. The number of carbonyl (C=O) groups is 1. The van der Waals surface area contributed by atoms with Crippen LogP contribution in [0.4, 0.5) is 5.69 Å². The summed E-state index contributed by atoms with van der Waals surface area (Å²) >= 11 is 0. The van der Waals surface area contributed by atoms with Crippen molar-refractivity contribution < 1.29 is 9.53 Å². The lowest BCUT2D eigenvalue weighted by molar-refractivity contribution is -0.122. The second-order valence-electron chi connectivity index (χ2n) is 8.39. The number of aryl methyl sites for hydroxylation is 2. The Balaban J connectivity index is 1.46. The number of aliphatic imine (C=N–C) groups is 1. The van der Waals surface area contributed by atoms with E-state index in [0.717, 1.165) is 31.2 Å². The molecule has 5 nitrogen and oxygen atoms in total. The van der Waals surface area contributed by atoms with Crippen molar-refractivity contribution in [2.24, 2.45) is 4.99 Å². The van der Waals surface area contributed by atoms with Gasteiger partial charge in [0.15, 0.2) is 5.76 Å². The lowest BCUT2D eigenvalue weighted by Crippen LogP contribution is -2.34. The van der Waals surface area contributed by atoms with Crippen LogP contribution in [0.5, 0.6) is 0 Å². The molecule has 28 heavy (non-hydrogen) atoms. The van der Waals surface area contributed by atoms with Gasteiger partial charge in [-0.25, -0.2) is 4.99 Å². The maximum Gasteiger partial charge on any atom is 0.300 e. The van der Waals surface area contributed by atoms with E-state index in [9.17, 15) is 4.79 Å². The summed E-state index contributed by atoms with van der Waals surface area (Å²) in [6, 6.07) is 5.30. The molecule has 0 atom stereocenters. The van der Waals surface area contributed by atoms with Crippen LogP contribution >= 0.6 is 0 Å². The van der Waals surface area contributed by atoms with Crippen LogP contribution in [-0.2, 0) is 22.4 Å². The average Bonchev–Trinajstić information content (AvgIpc) is 3.31. The van der Waals surface area contributed by atoms with Gasteiger partial charge in [0, 0.05) is 25.3 Å². The fourth-order valence-corrected chi connectivity index (χ4v) is 5.14. The minimum absolute atomic E-state index is 0.0627. The summed E-state index contributed by atoms with van der Waals surface area (Å²) in [5, 5.41) is 0. The molecule has 1 aliphatic carbocycles. The molecule has 5 heteroatoms. The first-order chi connectivity index (χ1) is 13.7. The van der Waals surface area contributed by atoms with E-state index in [1.54, 1.807) is 4.90 Å². The van der Waals surface area contributed by atoms with Crippen molar-refractivity contribution in [2.75, 3.05) is 24.5 Å². The number of benzene rings is 1. The minimum Gasteiger partial charge on any atom is -0.420 e. The molecular formula is C23H29N3O2. The van der Waals surface area contributed by atoms with Gasteiger partial charge < -0.3 is 9.64 Å². The Labute approximate surface area is 167 Å². The Morgan fingerprint density at radius 3 is 2.43 bits per heavy atom. The fraction of sp³-hybridized carbons (Fsp3) is 0.565. The second-order valence-corrected chi connectivity index (χ2v) is 8.39. The van der Waals surface area contributed by atoms with Gasteiger partial charge in [0.1, 0.15) is 0 Å². The molecule has 2 fully saturated rings. The molecule has 0 N–H and O–H groups in total. The Bertz CT molecular complexity index is 820. The molecule has 1 amide bonds. The molecule has 3 aliphatic heterocycles. The number of likely N-dealkylation sites (N-methyl/N-ethyl adjacent to an activating group) is 1. The Hall–Kier alpha value is -2.30. The molecule has 0 radical (unpaired) electrons. The number of hydrogen-bond donors (Lipinski definition) is 0. The minimum atomic E-state index is -0.0627. The van der Waals surface area contributed by atoms with Gasteiger partial charge in [-0.15, -0.1) is 0 Å². The van der Waals surface area contributed by atoms with E-state index in [4.69, 9.17) is 9.73 Å². The van der Waals surface area contributed by atoms with Crippen molar-refractivity contribution in [3.05, 3.63) is 34.6 Å². The van der Waals surface area contributed by atoms with Crippen LogP contribution in [0.15, 0.2) is 22.9 Å². The topological polar surface area (TPSA) is 45.1 Å². The average molecular weight is 380 g/mol. The van der Waals surface area contributed by atoms with Crippen LogP contribution < -0.4 is 4.90 Å². The molecule has 0 spiro atoms. The maximum absolute atomic E-state index is 12.9. The van der Waals surface area contributed by atoms with Gasteiger partial charge in [0.05, 0.1) is 6.04 Å². The van der Waals surface area contributed by atoms with Gasteiger partial charge in [-0.05, 0) is 80.3 Å². The quantitative estimate of drug-likeness (QED) is 0.748. The van der Waals surface area contributed by atoms with Gasteiger partial charge >= 0.3 is 6.02 Å². The van der Waals surface area contributed by atoms with E-state index < -0.39 is 0 Å². The zero-order chi connectivity index (χ0) is 19.1. The molecule has 4 aliphatic rings. The predicted octanol–water partition coefficient (Wildman–Crippen LogP) is 3.90. The van der Waals surface area contributed by atoms with Crippen LogP contribution in [0.1, 0.15) is 62.1 Å². The van der Waals surface area contributed by atoms with Crippen LogP contribution in [0, 0.1) is 0 Å². The Kier molecular flexibility index (Phi) is 4.61. The van der Waals surface area contributed by atoms with Crippen LogP contribution in [-0.4, -0.2) is 42.5 Å². The molecule has 148 valence electrons. The lowest BCUT2D eigenvalue weighted by atomic mass is 9.90. The first-order valence-electron chi connectivity index (χ1n) is 10.9. The van der Waals surface area contributed by atoms with Crippen molar-refractivity contribution in [3.8, 4) is 0 Å². The summed E-state index contributed by atoms with van der Waals surface area (Å²) in [6.45, 7) is 4.92. The first kappa shape index (κ1) is 17.8. The molecule has 5 rings (SSSR count). The largest absolute Gasteiger partial charge is 0.420 e. The highest BCUT2D eigenvalue weighted by molar-refractivity contribution is 6.11. The van der Waals surface area contributed by atoms with E-state index in [0.29, 0.717) is 24.4 Å². The van der Waals surface area contributed by atoms with E-state index in [-0.39, 0.29) is 5.91 Å². The normalized spacial score (nSPS) is 25.0. The van der Waals surface area contributed by atoms with E-state index >= 15 is 0 Å². The van der Waals surface area contributed by atoms with Gasteiger partial charge in [-0.1, -0.05) is 12.8 Å². The van der Waals surface area contributed by atoms with E-state index in [1.165, 1.54) is 55.6 Å². The zero-order valence-electron chi connectivity index (χ0n) is 16.7. The van der Waals surface area contributed by atoms with Crippen LogP contribution in [0.25, 0.3) is 6.08 Å². The molecule has 0 aromatic heterocycles. The first-order valence-corrected chi connectivity index (χ1v) is 10.9. The van der Waals surface area contributed by atoms with Crippen LogP contribution in [0.2, 0.25) is 0 Å². The standard InChI is InChI=1S/C23H29N3O2/c1-2-26-22(27)20(28-23(26)24-19-9-3-4-10-19)15-16-13-17-7-5-11-25-12-6-8-18(14-16)21(17)25/h13-15,19H,2-12H2,1H3/b20-15+,24-23+. The molecule has 1 saturated heterocycles. The molecule has 1 aromatic rings. The maximum atomic E-state index is 12.9. The highest BCUT2D eigenvalue weighted by Gasteiger charge is 2.35. The number of amides is 1. The van der Waals surface area contributed by atoms with Crippen molar-refractivity contribution in [1.82, 2.24) is 4.90 Å². The predicted molar refractivity (Wildman–Crippen MR) is 111 cm³/mol. The third kappa shape index (κ3) is 3.11. The number of carbonyl (C=O) groups excluding carboxylic acids is 1. The zero-order valence-corrected chi connectivity index (χ0v) is 16.7. The summed E-state index contributed by atoms with van der Waals surface area (Å²) in [7, 11) is 0. The summed E-state index contributed by atoms with van der Waals surface area (Å²) in [5.74, 6) is 0.349. The third-order valence-corrected chi connectivity index (χ3v) is 6.47. The fourth-order valence-electron chi connectivity index (χ4n) is 5.14. The summed E-state index contributed by atoms with van der Waals surface area (Å²) in [6.07, 6.45) is 11.2. The van der Waals surface area contributed by atoms with E-state index in [1.807, 2.05) is 13.0 Å². The molecule has 0 bridgehead atoms. The van der Waals surface area contributed by atoms with Crippen LogP contribution in [0.3, 0.4) is 0 Å². The van der Waals surface area contributed by atoms with Crippen molar-refractivity contribution in [2.45, 2.75) is 64.3 Å². The van der Waals surface area contributed by atoms with Gasteiger partial charge in [-0.2, -0.15) is 0 Å². The number of hydrogen-bond acceptors (Lipinski definition) is 4. The van der Waals surface area contributed by atoms with Gasteiger partial charge in [0.25, 0.3) is 5.91 Å². The SMILES string of the molecule is CCN1C(=O)/C(=C\c2cc3c4c(c2)CCCN4CCC3)O/C1=N/C1CCCC1. The summed E-state index contributed by atoms with van der Waals surface area (Å²) in [5.41, 5.74) is 5.39. The second kappa shape index (κ2) is 7.26. The molecule has 0 unspecified atom stereocenters. The smallest absolute Gasteiger partial charge is 0.300 e. The monoisotopic (exact) mass is 379 g/mol. The number of nitrogens with zero attached hydrogens (tertiary/aromatic N) is 3. The summed E-state index contributed by atoms with van der Waals surface area (Å²) in [4.78, 5) is 21.8. The Morgan fingerprint density at radius 2 is 1.79 bits per heavy atom. The molecule has 1 saturated carbocycles. The van der Waals surface area contributed by atoms with E-state index in [2.05, 4.69) is 17.0 Å². The number of amidine groups is 1. The van der Waals surface area contributed by atoms with Crippen molar-refractivity contribution in [1.29, 1.82) is 0 Å².